The highest BCUT2D eigenvalue weighted by molar-refractivity contribution is 8.76. The fourth-order valence-electron chi connectivity index (χ4n) is 0.779. The molecule has 0 aliphatic rings. The lowest BCUT2D eigenvalue weighted by molar-refractivity contribution is -0.144. The van der Waals surface area contributed by atoms with Crippen LogP contribution in [0.1, 0.15) is 20.8 Å². The Morgan fingerprint density at radius 3 is 2.56 bits per heavy atom. The van der Waals surface area contributed by atoms with Crippen LogP contribution in [0, 0.1) is 0 Å². The highest BCUT2D eigenvalue weighted by Crippen LogP contribution is 2.27. The van der Waals surface area contributed by atoms with Crippen LogP contribution in [0.25, 0.3) is 0 Å². The van der Waals surface area contributed by atoms with Crippen LogP contribution in [0.3, 0.4) is 0 Å². The summed E-state index contributed by atoms with van der Waals surface area (Å²) < 4.78 is 9.64. The molecule has 0 bridgehead atoms. The van der Waals surface area contributed by atoms with Gasteiger partial charge in [-0.15, -0.1) is 0 Å². The number of esters is 2. The van der Waals surface area contributed by atoms with E-state index in [-0.39, 0.29) is 11.4 Å². The van der Waals surface area contributed by atoms with Crippen LogP contribution in [0.2, 0.25) is 0 Å². The van der Waals surface area contributed by atoms with Gasteiger partial charge in [-0.3, -0.25) is 9.59 Å². The molecule has 0 radical (unpaired) electrons. The van der Waals surface area contributed by atoms with Crippen molar-refractivity contribution in [3.63, 3.8) is 0 Å². The normalized spacial score (nSPS) is 14.0. The molecule has 0 amide bonds. The number of carbonyl (C=O) groups is 2. The highest BCUT2D eigenvalue weighted by atomic mass is 33.1. The summed E-state index contributed by atoms with van der Waals surface area (Å²) in [6.07, 6.45) is 0. The molecule has 0 heterocycles. The number of rotatable bonds is 7. The van der Waals surface area contributed by atoms with Crippen LogP contribution in [0.15, 0.2) is 0 Å². The average molecular weight is 267 g/mol. The molecule has 5 nitrogen and oxygen atoms in total. The molecule has 0 aromatic rings. The molecule has 2 N–H and O–H groups in total. The second-order valence-corrected chi connectivity index (χ2v) is 5.63. The molecule has 0 fully saturated rings. The first-order valence-electron chi connectivity index (χ1n) is 4.85. The van der Waals surface area contributed by atoms with E-state index in [2.05, 4.69) is 0 Å². The summed E-state index contributed by atoms with van der Waals surface area (Å²) in [5.74, 6) is -0.305. The Kier molecular flexibility index (Phi) is 8.50. The smallest absolute Gasteiger partial charge is 0.323 e. The van der Waals surface area contributed by atoms with Gasteiger partial charge in [-0.25, -0.2) is 0 Å². The number of nitrogens with two attached hydrogens (primary N) is 1. The Balaban J connectivity index is 3.64. The van der Waals surface area contributed by atoms with E-state index in [9.17, 15) is 9.59 Å². The van der Waals surface area contributed by atoms with E-state index in [0.717, 1.165) is 0 Å². The van der Waals surface area contributed by atoms with E-state index in [0.29, 0.717) is 12.4 Å². The van der Waals surface area contributed by atoms with Crippen LogP contribution < -0.4 is 5.73 Å². The van der Waals surface area contributed by atoms with Gasteiger partial charge in [0.2, 0.25) is 0 Å². The summed E-state index contributed by atoms with van der Waals surface area (Å²) in [5, 5.41) is 0. The first-order chi connectivity index (χ1) is 7.47. The third-order valence-corrected chi connectivity index (χ3v) is 4.00. The van der Waals surface area contributed by atoms with Crippen molar-refractivity contribution in [1.29, 1.82) is 0 Å². The molecule has 0 aromatic carbocycles. The number of hydrogen-bond acceptors (Lipinski definition) is 7. The van der Waals surface area contributed by atoms with Crippen molar-refractivity contribution in [3.8, 4) is 0 Å². The molecule has 0 aliphatic carbocycles. The molecule has 7 heteroatoms. The topological polar surface area (TPSA) is 78.6 Å². The van der Waals surface area contributed by atoms with E-state index in [1.165, 1.54) is 28.5 Å². The minimum Gasteiger partial charge on any atom is -0.465 e. The largest absolute Gasteiger partial charge is 0.465 e. The molecule has 0 saturated carbocycles. The predicted molar refractivity (Wildman–Crippen MR) is 65.9 cm³/mol. The molecular formula is C9H17NO4S2. The lowest BCUT2D eigenvalue weighted by Gasteiger charge is -2.12. The standard InChI is InChI=1S/C9H17NO4S2/c1-4-13-9(12)8(10)5-15-16-7(3)14-6(2)11/h7-8H,4-5,10H2,1-3H3/t7?,8-/m0/s1. The maximum atomic E-state index is 11.1. The van der Waals surface area contributed by atoms with Crippen LogP contribution in [-0.2, 0) is 19.1 Å². The molecule has 0 aliphatic heterocycles. The Hall–Kier alpha value is -0.400. The van der Waals surface area contributed by atoms with E-state index in [1.54, 1.807) is 13.8 Å². The van der Waals surface area contributed by atoms with Gasteiger partial charge < -0.3 is 15.2 Å². The van der Waals surface area contributed by atoms with Crippen molar-refractivity contribution in [2.45, 2.75) is 32.2 Å². The summed E-state index contributed by atoms with van der Waals surface area (Å²) >= 11 is 0. The van der Waals surface area contributed by atoms with Gasteiger partial charge in [-0.1, -0.05) is 10.8 Å². The summed E-state index contributed by atoms with van der Waals surface area (Å²) in [4.78, 5) is 21.7. The summed E-state index contributed by atoms with van der Waals surface area (Å²) in [5.41, 5.74) is 5.32. The number of hydrogen-bond donors (Lipinski definition) is 1. The lowest BCUT2D eigenvalue weighted by atomic mass is 10.4. The first kappa shape index (κ1) is 15.6. The number of ether oxygens (including phenoxy) is 2. The van der Waals surface area contributed by atoms with Crippen molar-refractivity contribution >= 4 is 33.5 Å². The van der Waals surface area contributed by atoms with Crippen LogP contribution in [-0.4, -0.2) is 35.8 Å². The zero-order valence-electron chi connectivity index (χ0n) is 9.60. The highest BCUT2D eigenvalue weighted by Gasteiger charge is 2.15. The maximum Gasteiger partial charge on any atom is 0.323 e. The summed E-state index contributed by atoms with van der Waals surface area (Å²) in [6.45, 7) is 5.17. The zero-order chi connectivity index (χ0) is 12.6. The van der Waals surface area contributed by atoms with E-state index >= 15 is 0 Å². The van der Waals surface area contributed by atoms with Gasteiger partial charge in [0.15, 0.2) is 5.44 Å². The van der Waals surface area contributed by atoms with E-state index in [1.807, 2.05) is 0 Å². The van der Waals surface area contributed by atoms with E-state index < -0.39 is 12.0 Å². The van der Waals surface area contributed by atoms with Gasteiger partial charge in [0.1, 0.15) is 6.04 Å². The minimum atomic E-state index is -0.637. The Morgan fingerprint density at radius 1 is 1.44 bits per heavy atom. The maximum absolute atomic E-state index is 11.1. The van der Waals surface area contributed by atoms with Gasteiger partial charge in [0.05, 0.1) is 6.61 Å². The van der Waals surface area contributed by atoms with Crippen LogP contribution in [0.4, 0.5) is 0 Å². The lowest BCUT2D eigenvalue weighted by Crippen LogP contribution is -2.34. The van der Waals surface area contributed by atoms with Crippen molar-refractivity contribution in [3.05, 3.63) is 0 Å². The second kappa shape index (κ2) is 8.72. The predicted octanol–water partition coefficient (Wildman–Crippen LogP) is 1.17. The first-order valence-corrected chi connectivity index (χ1v) is 7.23. The molecule has 0 spiro atoms. The SMILES string of the molecule is CCOC(=O)[C@@H](N)CSSC(C)OC(C)=O. The van der Waals surface area contributed by atoms with Gasteiger partial charge in [-0.05, 0) is 24.6 Å². The Bertz CT molecular complexity index is 238. The molecule has 0 saturated heterocycles. The van der Waals surface area contributed by atoms with Crippen molar-refractivity contribution in [2.24, 2.45) is 5.73 Å². The molecule has 94 valence electrons. The second-order valence-electron chi connectivity index (χ2n) is 2.92. The molecule has 16 heavy (non-hydrogen) atoms. The van der Waals surface area contributed by atoms with Crippen molar-refractivity contribution < 1.29 is 19.1 Å². The third kappa shape index (κ3) is 7.84. The molecule has 1 unspecified atom stereocenters. The minimum absolute atomic E-state index is 0.253. The number of carbonyl (C=O) groups excluding carboxylic acids is 2. The summed E-state index contributed by atoms with van der Waals surface area (Å²) in [7, 11) is 2.73. The third-order valence-electron chi connectivity index (χ3n) is 1.37. The van der Waals surface area contributed by atoms with E-state index in [4.69, 9.17) is 15.2 Å². The van der Waals surface area contributed by atoms with Crippen molar-refractivity contribution in [1.82, 2.24) is 0 Å². The average Bonchev–Trinajstić information content (AvgIpc) is 2.16. The zero-order valence-corrected chi connectivity index (χ0v) is 11.2. The molecule has 0 aromatic heterocycles. The Labute approximate surface area is 103 Å². The fraction of sp³-hybridized carbons (Fsp3) is 0.778. The van der Waals surface area contributed by atoms with Gasteiger partial charge >= 0.3 is 11.9 Å². The van der Waals surface area contributed by atoms with Gasteiger partial charge in [-0.2, -0.15) is 0 Å². The monoisotopic (exact) mass is 267 g/mol. The Morgan fingerprint density at radius 2 is 2.06 bits per heavy atom. The fourth-order valence-corrected chi connectivity index (χ4v) is 2.88. The summed E-state index contributed by atoms with van der Waals surface area (Å²) in [6, 6.07) is -0.637. The van der Waals surface area contributed by atoms with Crippen molar-refractivity contribution in [2.75, 3.05) is 12.4 Å². The van der Waals surface area contributed by atoms with Gasteiger partial charge in [0, 0.05) is 12.7 Å². The quantitative estimate of drug-likeness (QED) is 0.421. The van der Waals surface area contributed by atoms with Gasteiger partial charge in [0.25, 0.3) is 0 Å². The van der Waals surface area contributed by atoms with Crippen LogP contribution in [0.5, 0.6) is 0 Å². The van der Waals surface area contributed by atoms with Crippen LogP contribution >= 0.6 is 21.6 Å². The molecule has 0 rings (SSSR count). The molecular weight excluding hydrogens is 250 g/mol. The molecule has 2 atom stereocenters.